The van der Waals surface area contributed by atoms with E-state index in [2.05, 4.69) is 15.5 Å². The van der Waals surface area contributed by atoms with Gasteiger partial charge in [-0.25, -0.2) is 4.39 Å². The van der Waals surface area contributed by atoms with Crippen LogP contribution in [0.25, 0.3) is 11.4 Å². The number of benzene rings is 1. The number of amides is 1. The smallest absolute Gasteiger partial charge is 0.233 e. The molecular formula is C23H31FN4O2S. The highest BCUT2D eigenvalue weighted by Gasteiger charge is 2.25. The van der Waals surface area contributed by atoms with Gasteiger partial charge in [-0.2, -0.15) is 0 Å². The van der Waals surface area contributed by atoms with Gasteiger partial charge >= 0.3 is 0 Å². The molecule has 1 N–H and O–H groups in total. The molecule has 2 aromatic rings. The van der Waals surface area contributed by atoms with Crippen LogP contribution in [0.15, 0.2) is 29.4 Å². The minimum Gasteiger partial charge on any atom is -0.376 e. The molecule has 0 spiro atoms. The maximum absolute atomic E-state index is 13.4. The monoisotopic (exact) mass is 446 g/mol. The fourth-order valence-electron chi connectivity index (χ4n) is 4.34. The van der Waals surface area contributed by atoms with Crippen molar-refractivity contribution in [2.75, 3.05) is 13.2 Å². The Morgan fingerprint density at radius 2 is 1.97 bits per heavy atom. The molecule has 1 aliphatic heterocycles. The third kappa shape index (κ3) is 5.86. The highest BCUT2D eigenvalue weighted by Crippen LogP contribution is 2.29. The van der Waals surface area contributed by atoms with E-state index in [-0.39, 0.29) is 23.1 Å². The second-order valence-electron chi connectivity index (χ2n) is 8.57. The van der Waals surface area contributed by atoms with Gasteiger partial charge in [-0.1, -0.05) is 31.0 Å². The molecule has 1 amide bonds. The molecule has 6 nitrogen and oxygen atoms in total. The SMILES string of the molecule is CC(Sc1nnc(-c2ccc(F)cc2)n1CC1CCCO1)C(=O)NCC1CCCCC1. The van der Waals surface area contributed by atoms with Crippen LogP contribution in [0.4, 0.5) is 4.39 Å². The summed E-state index contributed by atoms with van der Waals surface area (Å²) in [4.78, 5) is 12.7. The Kier molecular flexibility index (Phi) is 7.61. The molecule has 1 aliphatic carbocycles. The van der Waals surface area contributed by atoms with Gasteiger partial charge in [0.25, 0.3) is 0 Å². The molecule has 2 unspecified atom stereocenters. The molecule has 2 aliphatic rings. The van der Waals surface area contributed by atoms with Gasteiger partial charge in [0.05, 0.1) is 17.9 Å². The molecule has 0 radical (unpaired) electrons. The second-order valence-corrected chi connectivity index (χ2v) is 9.88. The maximum atomic E-state index is 13.4. The Morgan fingerprint density at radius 1 is 1.19 bits per heavy atom. The lowest BCUT2D eigenvalue weighted by atomic mass is 9.89. The summed E-state index contributed by atoms with van der Waals surface area (Å²) < 4.78 is 21.2. The summed E-state index contributed by atoms with van der Waals surface area (Å²) in [6, 6.07) is 6.27. The molecule has 31 heavy (non-hydrogen) atoms. The molecule has 4 rings (SSSR count). The lowest BCUT2D eigenvalue weighted by Crippen LogP contribution is -2.35. The standard InChI is InChI=1S/C23H31FN4O2S/c1-16(22(29)25-14-17-6-3-2-4-7-17)31-23-27-26-21(18-9-11-19(24)12-10-18)28(23)15-20-8-5-13-30-20/h9-12,16-17,20H,2-8,13-15H2,1H3,(H,25,29). The third-order valence-corrected chi connectivity index (χ3v) is 7.25. The molecule has 0 bridgehead atoms. The van der Waals surface area contributed by atoms with Crippen LogP contribution in [0.3, 0.4) is 0 Å². The van der Waals surface area contributed by atoms with Gasteiger partial charge in [-0.05, 0) is 62.8 Å². The van der Waals surface area contributed by atoms with E-state index < -0.39 is 0 Å². The lowest BCUT2D eigenvalue weighted by molar-refractivity contribution is -0.120. The fourth-order valence-corrected chi connectivity index (χ4v) is 5.22. The van der Waals surface area contributed by atoms with E-state index >= 15 is 0 Å². The number of halogens is 1. The molecule has 8 heteroatoms. The van der Waals surface area contributed by atoms with Crippen LogP contribution in [0.1, 0.15) is 51.9 Å². The number of ether oxygens (including phenoxy) is 1. The minimum atomic E-state index is -0.285. The average Bonchev–Trinajstić information content (AvgIpc) is 3.44. The number of hydrogen-bond donors (Lipinski definition) is 1. The predicted molar refractivity (Wildman–Crippen MR) is 119 cm³/mol. The molecular weight excluding hydrogens is 415 g/mol. The largest absolute Gasteiger partial charge is 0.376 e. The van der Waals surface area contributed by atoms with Gasteiger partial charge in [0.2, 0.25) is 5.91 Å². The topological polar surface area (TPSA) is 69.0 Å². The van der Waals surface area contributed by atoms with E-state index in [1.165, 1.54) is 56.0 Å². The lowest BCUT2D eigenvalue weighted by Gasteiger charge is -2.22. The summed E-state index contributed by atoms with van der Waals surface area (Å²) in [5.74, 6) is 1.02. The van der Waals surface area contributed by atoms with Crippen molar-refractivity contribution in [1.82, 2.24) is 20.1 Å². The van der Waals surface area contributed by atoms with Crippen molar-refractivity contribution in [2.45, 2.75) is 74.9 Å². The van der Waals surface area contributed by atoms with Crippen molar-refractivity contribution >= 4 is 17.7 Å². The van der Waals surface area contributed by atoms with E-state index in [1.54, 1.807) is 12.1 Å². The number of nitrogens with zero attached hydrogens (tertiary/aromatic N) is 3. The Balaban J connectivity index is 1.45. The molecule has 1 aromatic carbocycles. The van der Waals surface area contributed by atoms with Crippen LogP contribution < -0.4 is 5.32 Å². The van der Waals surface area contributed by atoms with Crippen LogP contribution >= 0.6 is 11.8 Å². The van der Waals surface area contributed by atoms with E-state index in [0.717, 1.165) is 31.6 Å². The highest BCUT2D eigenvalue weighted by molar-refractivity contribution is 8.00. The van der Waals surface area contributed by atoms with Gasteiger partial charge in [0.1, 0.15) is 5.82 Å². The molecule has 1 aromatic heterocycles. The molecule has 2 fully saturated rings. The maximum Gasteiger partial charge on any atom is 0.233 e. The van der Waals surface area contributed by atoms with E-state index in [9.17, 15) is 9.18 Å². The number of aromatic nitrogens is 3. The van der Waals surface area contributed by atoms with Crippen molar-refractivity contribution < 1.29 is 13.9 Å². The van der Waals surface area contributed by atoms with Gasteiger partial charge in [0.15, 0.2) is 11.0 Å². The number of carbonyl (C=O) groups excluding carboxylic acids is 1. The zero-order valence-corrected chi connectivity index (χ0v) is 18.9. The first-order valence-corrected chi connectivity index (χ1v) is 12.2. The molecule has 1 saturated carbocycles. The Bertz CT molecular complexity index is 861. The van der Waals surface area contributed by atoms with Crippen LogP contribution in [0.5, 0.6) is 0 Å². The van der Waals surface area contributed by atoms with Gasteiger partial charge in [-0.15, -0.1) is 10.2 Å². The number of rotatable bonds is 8. The first kappa shape index (κ1) is 22.3. The van der Waals surface area contributed by atoms with Gasteiger partial charge in [0, 0.05) is 18.7 Å². The highest BCUT2D eigenvalue weighted by atomic mass is 32.2. The van der Waals surface area contributed by atoms with Crippen molar-refractivity contribution in [1.29, 1.82) is 0 Å². The molecule has 2 heterocycles. The third-order valence-electron chi connectivity index (χ3n) is 6.17. The minimum absolute atomic E-state index is 0.0329. The first-order chi connectivity index (χ1) is 15.1. The Morgan fingerprint density at radius 3 is 2.68 bits per heavy atom. The Labute approximate surface area is 187 Å². The molecule has 1 saturated heterocycles. The van der Waals surface area contributed by atoms with E-state index in [1.807, 2.05) is 11.5 Å². The quantitative estimate of drug-likeness (QED) is 0.607. The van der Waals surface area contributed by atoms with Crippen LogP contribution in [-0.4, -0.2) is 45.2 Å². The summed E-state index contributed by atoms with van der Waals surface area (Å²) in [6.07, 6.45) is 8.39. The number of thioether (sulfide) groups is 1. The first-order valence-electron chi connectivity index (χ1n) is 11.4. The number of nitrogens with one attached hydrogen (secondary N) is 1. The van der Waals surface area contributed by atoms with Crippen LogP contribution in [-0.2, 0) is 16.1 Å². The van der Waals surface area contributed by atoms with E-state index in [4.69, 9.17) is 4.74 Å². The predicted octanol–water partition coefficient (Wildman–Crippen LogP) is 4.44. The number of carbonyl (C=O) groups is 1. The zero-order chi connectivity index (χ0) is 21.6. The van der Waals surface area contributed by atoms with Crippen LogP contribution in [0.2, 0.25) is 0 Å². The molecule has 168 valence electrons. The van der Waals surface area contributed by atoms with Crippen LogP contribution in [0, 0.1) is 11.7 Å². The van der Waals surface area contributed by atoms with Crippen molar-refractivity contribution in [2.24, 2.45) is 5.92 Å². The van der Waals surface area contributed by atoms with Crippen molar-refractivity contribution in [3.63, 3.8) is 0 Å². The van der Waals surface area contributed by atoms with E-state index in [0.29, 0.717) is 23.4 Å². The zero-order valence-electron chi connectivity index (χ0n) is 18.1. The number of hydrogen-bond acceptors (Lipinski definition) is 5. The van der Waals surface area contributed by atoms with Gasteiger partial charge in [-0.3, -0.25) is 9.36 Å². The average molecular weight is 447 g/mol. The normalized spacial score (nSPS) is 20.6. The van der Waals surface area contributed by atoms with Crippen molar-refractivity contribution in [3.8, 4) is 11.4 Å². The fraction of sp³-hybridized carbons (Fsp3) is 0.609. The summed E-state index contributed by atoms with van der Waals surface area (Å²) >= 11 is 1.41. The summed E-state index contributed by atoms with van der Waals surface area (Å²) in [5, 5.41) is 12.3. The second kappa shape index (κ2) is 10.6. The van der Waals surface area contributed by atoms with Gasteiger partial charge < -0.3 is 10.1 Å². The molecule has 2 atom stereocenters. The summed E-state index contributed by atoms with van der Waals surface area (Å²) in [7, 11) is 0. The summed E-state index contributed by atoms with van der Waals surface area (Å²) in [6.45, 7) is 4.05. The Hall–Kier alpha value is -1.93. The summed E-state index contributed by atoms with van der Waals surface area (Å²) in [5.41, 5.74) is 0.799. The van der Waals surface area contributed by atoms with Crippen molar-refractivity contribution in [3.05, 3.63) is 30.1 Å².